The van der Waals surface area contributed by atoms with Gasteiger partial charge < -0.3 is 15.4 Å². The summed E-state index contributed by atoms with van der Waals surface area (Å²) in [5.74, 6) is 0.783. The maximum absolute atomic E-state index is 5.80. The lowest BCUT2D eigenvalue weighted by Crippen LogP contribution is -2.36. The van der Waals surface area contributed by atoms with Crippen molar-refractivity contribution < 1.29 is 4.74 Å². The van der Waals surface area contributed by atoms with Gasteiger partial charge in [0.25, 0.3) is 0 Å². The molecule has 152 valence electrons. The molecule has 6 heteroatoms. The number of hydrogen-bond acceptors (Lipinski definition) is 4. The summed E-state index contributed by atoms with van der Waals surface area (Å²) < 4.78 is 5.80. The van der Waals surface area contributed by atoms with E-state index in [1.807, 2.05) is 32.0 Å². The summed E-state index contributed by atoms with van der Waals surface area (Å²) in [6.07, 6.45) is 0. The van der Waals surface area contributed by atoms with Crippen molar-refractivity contribution in [1.29, 1.82) is 0 Å². The summed E-state index contributed by atoms with van der Waals surface area (Å²) in [6.45, 7) is 6.76. The fraction of sp³-hybridized carbons (Fsp3) is 0.304. The van der Waals surface area contributed by atoms with Crippen molar-refractivity contribution in [2.45, 2.75) is 40.2 Å². The summed E-state index contributed by atoms with van der Waals surface area (Å²) in [4.78, 5) is 10.0. The summed E-state index contributed by atoms with van der Waals surface area (Å²) in [7, 11) is 1.79. The average Bonchev–Trinajstić information content (AvgIpc) is 3.07. The third kappa shape index (κ3) is 6.69. The minimum atomic E-state index is 0.611. The van der Waals surface area contributed by atoms with E-state index in [2.05, 4.69) is 57.0 Å². The van der Waals surface area contributed by atoms with E-state index in [9.17, 15) is 0 Å². The second-order valence-corrected chi connectivity index (χ2v) is 8.10. The van der Waals surface area contributed by atoms with Gasteiger partial charge in [-0.25, -0.2) is 4.98 Å². The average molecular weight is 409 g/mol. The Bertz CT molecular complexity index is 920. The lowest BCUT2D eigenvalue weighted by atomic mass is 10.1. The molecule has 0 bridgehead atoms. The van der Waals surface area contributed by atoms with Crippen LogP contribution in [0.25, 0.3) is 0 Å². The molecule has 0 radical (unpaired) electrons. The van der Waals surface area contributed by atoms with Crippen LogP contribution in [0.15, 0.2) is 59.6 Å². The zero-order chi connectivity index (χ0) is 20.5. The van der Waals surface area contributed by atoms with Crippen molar-refractivity contribution in [3.05, 3.63) is 86.9 Å². The number of ether oxygens (including phenoxy) is 1. The van der Waals surface area contributed by atoms with Gasteiger partial charge in [0.05, 0.1) is 30.5 Å². The highest BCUT2D eigenvalue weighted by molar-refractivity contribution is 7.11. The maximum atomic E-state index is 5.80. The van der Waals surface area contributed by atoms with Crippen molar-refractivity contribution in [3.63, 3.8) is 0 Å². The molecule has 5 nitrogen and oxygen atoms in total. The molecule has 29 heavy (non-hydrogen) atoms. The third-order valence-corrected chi connectivity index (χ3v) is 5.58. The highest BCUT2D eigenvalue weighted by Crippen LogP contribution is 2.16. The van der Waals surface area contributed by atoms with Gasteiger partial charge in [0, 0.05) is 18.5 Å². The van der Waals surface area contributed by atoms with Crippen LogP contribution in [-0.4, -0.2) is 18.0 Å². The van der Waals surface area contributed by atoms with Crippen LogP contribution < -0.4 is 10.6 Å². The first kappa shape index (κ1) is 21.0. The monoisotopic (exact) mass is 408 g/mol. The molecule has 3 aromatic rings. The van der Waals surface area contributed by atoms with Crippen molar-refractivity contribution in [1.82, 2.24) is 15.6 Å². The number of nitrogens with zero attached hydrogens (tertiary/aromatic N) is 2. The van der Waals surface area contributed by atoms with E-state index in [1.165, 1.54) is 21.6 Å². The highest BCUT2D eigenvalue weighted by atomic mass is 32.1. The molecule has 0 unspecified atom stereocenters. The molecular formula is C23H28N4OS. The van der Waals surface area contributed by atoms with Gasteiger partial charge in [0.2, 0.25) is 0 Å². The Kier molecular flexibility index (Phi) is 7.78. The van der Waals surface area contributed by atoms with Crippen LogP contribution in [0.4, 0.5) is 0 Å². The molecule has 0 saturated carbocycles. The van der Waals surface area contributed by atoms with Gasteiger partial charge in [-0.3, -0.25) is 4.99 Å². The van der Waals surface area contributed by atoms with Crippen LogP contribution >= 0.6 is 11.3 Å². The van der Waals surface area contributed by atoms with Crippen LogP contribution in [0.5, 0.6) is 0 Å². The molecule has 0 saturated heterocycles. The van der Waals surface area contributed by atoms with Gasteiger partial charge >= 0.3 is 0 Å². The zero-order valence-electron chi connectivity index (χ0n) is 17.2. The van der Waals surface area contributed by atoms with Gasteiger partial charge in [0.1, 0.15) is 0 Å². The molecule has 0 spiro atoms. The number of benzene rings is 2. The van der Waals surface area contributed by atoms with E-state index in [0.29, 0.717) is 19.8 Å². The zero-order valence-corrected chi connectivity index (χ0v) is 18.1. The Morgan fingerprint density at radius 1 is 0.897 bits per heavy atom. The Hall–Kier alpha value is -2.70. The second-order valence-electron chi connectivity index (χ2n) is 6.82. The largest absolute Gasteiger partial charge is 0.372 e. The summed E-state index contributed by atoms with van der Waals surface area (Å²) in [5.41, 5.74) is 4.64. The van der Waals surface area contributed by atoms with Gasteiger partial charge in [-0.15, -0.1) is 11.3 Å². The lowest BCUT2D eigenvalue weighted by molar-refractivity contribution is 0.107. The SMILES string of the molecule is CN=C(NCc1ccc(COCc2ccccc2)cc1)NCc1sc(C)nc1C. The van der Waals surface area contributed by atoms with Crippen molar-refractivity contribution in [2.75, 3.05) is 7.05 Å². The molecule has 0 aliphatic heterocycles. The van der Waals surface area contributed by atoms with Crippen LogP contribution in [0.1, 0.15) is 32.3 Å². The van der Waals surface area contributed by atoms with Crippen molar-refractivity contribution in [3.8, 4) is 0 Å². The molecule has 3 rings (SSSR count). The fourth-order valence-electron chi connectivity index (χ4n) is 2.92. The van der Waals surface area contributed by atoms with E-state index < -0.39 is 0 Å². The standard InChI is InChI=1S/C23H28N4OS/c1-17-22(29-18(2)27-17)14-26-23(24-3)25-13-19-9-11-21(12-10-19)16-28-15-20-7-5-4-6-8-20/h4-12H,13-16H2,1-3H3,(H2,24,25,26). The van der Waals surface area contributed by atoms with Gasteiger partial charge in [-0.05, 0) is 30.5 Å². The Labute approximate surface area is 176 Å². The minimum Gasteiger partial charge on any atom is -0.372 e. The van der Waals surface area contributed by atoms with Crippen LogP contribution in [0.3, 0.4) is 0 Å². The van der Waals surface area contributed by atoms with Crippen LogP contribution in [0.2, 0.25) is 0 Å². The molecule has 2 aromatic carbocycles. The predicted molar refractivity (Wildman–Crippen MR) is 120 cm³/mol. The maximum Gasteiger partial charge on any atom is 0.191 e. The minimum absolute atomic E-state index is 0.611. The Morgan fingerprint density at radius 3 is 2.14 bits per heavy atom. The van der Waals surface area contributed by atoms with E-state index in [1.54, 1.807) is 18.4 Å². The number of nitrogens with one attached hydrogen (secondary N) is 2. The molecule has 0 atom stereocenters. The summed E-state index contributed by atoms with van der Waals surface area (Å²) >= 11 is 1.72. The fourth-order valence-corrected chi connectivity index (χ4v) is 3.80. The Balaban J connectivity index is 1.42. The normalized spacial score (nSPS) is 11.5. The number of guanidine groups is 1. The molecule has 0 aliphatic carbocycles. The van der Waals surface area contributed by atoms with Gasteiger partial charge in [-0.2, -0.15) is 0 Å². The third-order valence-electron chi connectivity index (χ3n) is 4.50. The van der Waals surface area contributed by atoms with Crippen molar-refractivity contribution >= 4 is 17.3 Å². The first-order chi connectivity index (χ1) is 14.1. The number of aryl methyl sites for hydroxylation is 2. The van der Waals surface area contributed by atoms with Gasteiger partial charge in [0.15, 0.2) is 5.96 Å². The number of thiazole rings is 1. The van der Waals surface area contributed by atoms with E-state index in [-0.39, 0.29) is 0 Å². The Morgan fingerprint density at radius 2 is 1.52 bits per heavy atom. The smallest absolute Gasteiger partial charge is 0.191 e. The summed E-state index contributed by atoms with van der Waals surface area (Å²) in [5, 5.41) is 7.81. The molecule has 0 aliphatic rings. The molecule has 0 fully saturated rings. The van der Waals surface area contributed by atoms with E-state index in [4.69, 9.17) is 4.74 Å². The van der Waals surface area contributed by atoms with E-state index in [0.717, 1.165) is 23.2 Å². The lowest BCUT2D eigenvalue weighted by Gasteiger charge is -2.12. The van der Waals surface area contributed by atoms with Crippen LogP contribution in [-0.2, 0) is 31.0 Å². The number of rotatable bonds is 8. The highest BCUT2D eigenvalue weighted by Gasteiger charge is 2.06. The molecular weight excluding hydrogens is 380 g/mol. The van der Waals surface area contributed by atoms with Gasteiger partial charge in [-0.1, -0.05) is 54.6 Å². The topological polar surface area (TPSA) is 58.5 Å². The number of hydrogen-bond donors (Lipinski definition) is 2. The second kappa shape index (κ2) is 10.7. The van der Waals surface area contributed by atoms with Crippen molar-refractivity contribution in [2.24, 2.45) is 4.99 Å². The molecule has 2 N–H and O–H groups in total. The number of aromatic nitrogens is 1. The molecule has 0 amide bonds. The first-order valence-electron chi connectivity index (χ1n) is 9.71. The molecule has 1 heterocycles. The van der Waals surface area contributed by atoms with E-state index >= 15 is 0 Å². The predicted octanol–water partition coefficient (Wildman–Crippen LogP) is 4.34. The first-order valence-corrected chi connectivity index (χ1v) is 10.5. The molecule has 1 aromatic heterocycles. The quantitative estimate of drug-likeness (QED) is 0.430. The summed E-state index contributed by atoms with van der Waals surface area (Å²) in [6, 6.07) is 18.7. The number of aliphatic imine (C=N–C) groups is 1. The van der Waals surface area contributed by atoms with Crippen LogP contribution in [0, 0.1) is 13.8 Å².